The predicted molar refractivity (Wildman–Crippen MR) is 52.3 cm³/mol. The van der Waals surface area contributed by atoms with Gasteiger partial charge in [0, 0.05) is 16.7 Å². The molecule has 0 aliphatic carbocycles. The maximum absolute atomic E-state index is 12.0. The molecule has 0 fully saturated rings. The number of ether oxygens (including phenoxy) is 1. The van der Waals surface area contributed by atoms with Gasteiger partial charge in [0.1, 0.15) is 0 Å². The van der Waals surface area contributed by atoms with Gasteiger partial charge < -0.3 is 20.0 Å². The summed E-state index contributed by atoms with van der Waals surface area (Å²) in [6.45, 7) is 0. The van der Waals surface area contributed by atoms with Crippen LogP contribution >= 0.6 is 10.7 Å². The van der Waals surface area contributed by atoms with Crippen molar-refractivity contribution in [2.45, 2.75) is 11.4 Å². The minimum atomic E-state index is -5.29. The van der Waals surface area contributed by atoms with Gasteiger partial charge in [-0.25, -0.2) is 8.42 Å². The Morgan fingerprint density at radius 2 is 2.00 bits per heavy atom. The second kappa shape index (κ2) is 4.70. The summed E-state index contributed by atoms with van der Waals surface area (Å²) in [5.41, 5.74) is 0. The first-order valence-corrected chi connectivity index (χ1v) is 6.31. The van der Waals surface area contributed by atoms with Gasteiger partial charge in [-0.1, -0.05) is 0 Å². The molecule has 8 nitrogen and oxygen atoms in total. The Hall–Kier alpha value is -1.82. The van der Waals surface area contributed by atoms with Crippen LogP contribution in [0.1, 0.15) is 0 Å². The monoisotopic (exact) mass is 322 g/mol. The van der Waals surface area contributed by atoms with Crippen LogP contribution in [0.2, 0.25) is 0 Å². The Balaban J connectivity index is 3.51. The second-order valence-corrected chi connectivity index (χ2v) is 5.36. The zero-order valence-electron chi connectivity index (χ0n) is 8.38. The van der Waals surface area contributed by atoms with Gasteiger partial charge in [-0.3, -0.25) is 0 Å². The SMILES string of the molecule is O=[N+]([O-])c1nc(S(=O)(=O)Cl)c(O)cc1OC(F)(F)F. The molecular formula is C6H2ClF3N2O6S. The summed E-state index contributed by atoms with van der Waals surface area (Å²) in [5, 5.41) is 18.3. The minimum absolute atomic E-state index is 0.0773. The normalized spacial score (nSPS) is 12.2. The molecule has 0 unspecified atom stereocenters. The van der Waals surface area contributed by atoms with Crippen molar-refractivity contribution in [1.82, 2.24) is 4.98 Å². The van der Waals surface area contributed by atoms with Crippen LogP contribution in [0.15, 0.2) is 11.1 Å². The lowest BCUT2D eigenvalue weighted by Gasteiger charge is -2.09. The van der Waals surface area contributed by atoms with Crippen molar-refractivity contribution < 1.29 is 36.4 Å². The quantitative estimate of drug-likeness (QED) is 0.509. The molecule has 1 N–H and O–H groups in total. The van der Waals surface area contributed by atoms with Crippen LogP contribution in [0.3, 0.4) is 0 Å². The number of nitro groups is 1. The van der Waals surface area contributed by atoms with E-state index < -0.39 is 42.7 Å². The highest BCUT2D eigenvalue weighted by molar-refractivity contribution is 8.13. The Labute approximate surface area is 107 Å². The van der Waals surface area contributed by atoms with Gasteiger partial charge in [0.2, 0.25) is 5.75 Å². The van der Waals surface area contributed by atoms with E-state index in [2.05, 4.69) is 9.72 Å². The maximum atomic E-state index is 12.0. The molecule has 19 heavy (non-hydrogen) atoms. The number of hydrogen-bond acceptors (Lipinski definition) is 7. The van der Waals surface area contributed by atoms with Gasteiger partial charge in [0.25, 0.3) is 0 Å². The summed E-state index contributed by atoms with van der Waals surface area (Å²) in [6, 6.07) is 0.0773. The van der Waals surface area contributed by atoms with Crippen LogP contribution < -0.4 is 4.74 Å². The van der Waals surface area contributed by atoms with Crippen LogP contribution in [0.4, 0.5) is 19.0 Å². The molecule has 1 aromatic heterocycles. The van der Waals surface area contributed by atoms with E-state index >= 15 is 0 Å². The van der Waals surface area contributed by atoms with E-state index in [1.807, 2.05) is 0 Å². The van der Waals surface area contributed by atoms with Crippen molar-refractivity contribution in [2.75, 3.05) is 0 Å². The zero-order valence-corrected chi connectivity index (χ0v) is 9.95. The van der Waals surface area contributed by atoms with Gasteiger partial charge in [0.15, 0.2) is 5.75 Å². The Bertz CT molecular complexity index is 631. The molecule has 0 aromatic carbocycles. The molecule has 1 rings (SSSR count). The predicted octanol–water partition coefficient (Wildman–Crippen LogP) is 1.52. The van der Waals surface area contributed by atoms with Gasteiger partial charge in [-0.05, 0) is 9.91 Å². The molecular weight excluding hydrogens is 321 g/mol. The number of aromatic nitrogens is 1. The fraction of sp³-hybridized carbons (Fsp3) is 0.167. The van der Waals surface area contributed by atoms with Crippen molar-refractivity contribution in [1.29, 1.82) is 0 Å². The zero-order chi connectivity index (χ0) is 15.0. The van der Waals surface area contributed by atoms with Gasteiger partial charge in [-0.15, -0.1) is 13.2 Å². The highest BCUT2D eigenvalue weighted by Crippen LogP contribution is 2.37. The van der Waals surface area contributed by atoms with E-state index in [0.717, 1.165) is 0 Å². The molecule has 0 aliphatic heterocycles. The lowest BCUT2D eigenvalue weighted by atomic mass is 10.4. The summed E-state index contributed by atoms with van der Waals surface area (Å²) in [4.78, 5) is 11.8. The summed E-state index contributed by atoms with van der Waals surface area (Å²) < 4.78 is 60.9. The number of hydrogen-bond donors (Lipinski definition) is 1. The third-order valence-corrected chi connectivity index (χ3v) is 2.75. The van der Waals surface area contributed by atoms with Crippen LogP contribution in [0, 0.1) is 10.1 Å². The lowest BCUT2D eigenvalue weighted by Crippen LogP contribution is -2.18. The second-order valence-electron chi connectivity index (χ2n) is 2.88. The first-order valence-electron chi connectivity index (χ1n) is 4.00. The van der Waals surface area contributed by atoms with Crippen molar-refractivity contribution in [2.24, 2.45) is 0 Å². The Morgan fingerprint density at radius 1 is 1.47 bits per heavy atom. The summed E-state index contributed by atoms with van der Waals surface area (Å²) in [6.07, 6.45) is -5.29. The van der Waals surface area contributed by atoms with E-state index in [9.17, 15) is 31.7 Å². The average Bonchev–Trinajstić information content (AvgIpc) is 2.11. The molecule has 0 spiro atoms. The van der Waals surface area contributed by atoms with Crippen molar-refractivity contribution in [3.8, 4) is 11.5 Å². The molecule has 0 radical (unpaired) electrons. The largest absolute Gasteiger partial charge is 0.573 e. The summed E-state index contributed by atoms with van der Waals surface area (Å²) in [7, 11) is 0.110. The average molecular weight is 323 g/mol. The van der Waals surface area contributed by atoms with Gasteiger partial charge in [0.05, 0.1) is 0 Å². The number of pyridine rings is 1. The molecule has 106 valence electrons. The molecule has 0 saturated heterocycles. The number of halogens is 4. The minimum Gasteiger partial charge on any atom is -0.503 e. The number of alkyl halides is 3. The van der Waals surface area contributed by atoms with Crippen LogP contribution in [0.5, 0.6) is 11.5 Å². The molecule has 13 heteroatoms. The van der Waals surface area contributed by atoms with E-state index in [1.54, 1.807) is 0 Å². The highest BCUT2D eigenvalue weighted by Gasteiger charge is 2.38. The van der Waals surface area contributed by atoms with E-state index in [-0.39, 0.29) is 6.07 Å². The topological polar surface area (TPSA) is 120 Å². The molecule has 0 amide bonds. The van der Waals surface area contributed by atoms with E-state index in [0.29, 0.717) is 0 Å². The third-order valence-electron chi connectivity index (χ3n) is 1.54. The Morgan fingerprint density at radius 3 is 2.37 bits per heavy atom. The standard InChI is InChI=1S/C6H2ClF3N2O6S/c7-19(16,17)5-2(13)1-3(18-6(8,9)10)4(11-5)12(14)15/h1,13H. The Kier molecular flexibility index (Phi) is 3.77. The number of aromatic hydroxyl groups is 1. The molecule has 0 bridgehead atoms. The number of nitrogens with zero attached hydrogens (tertiary/aromatic N) is 2. The summed E-state index contributed by atoms with van der Waals surface area (Å²) >= 11 is 0. The van der Waals surface area contributed by atoms with Crippen molar-refractivity contribution in [3.05, 3.63) is 16.2 Å². The smallest absolute Gasteiger partial charge is 0.503 e. The summed E-state index contributed by atoms with van der Waals surface area (Å²) in [5.74, 6) is -4.35. The first-order chi connectivity index (χ1) is 8.42. The highest BCUT2D eigenvalue weighted by atomic mass is 35.7. The van der Waals surface area contributed by atoms with Crippen molar-refractivity contribution >= 4 is 25.6 Å². The van der Waals surface area contributed by atoms with E-state index in [4.69, 9.17) is 15.8 Å². The first kappa shape index (κ1) is 15.2. The molecule has 1 heterocycles. The fourth-order valence-electron chi connectivity index (χ4n) is 0.969. The molecule has 0 atom stereocenters. The molecule has 0 saturated carbocycles. The van der Waals surface area contributed by atoms with E-state index in [1.165, 1.54) is 0 Å². The lowest BCUT2D eigenvalue weighted by molar-refractivity contribution is -0.393. The van der Waals surface area contributed by atoms with Crippen LogP contribution in [-0.4, -0.2) is 29.8 Å². The number of rotatable bonds is 3. The van der Waals surface area contributed by atoms with Crippen molar-refractivity contribution in [3.63, 3.8) is 0 Å². The fourth-order valence-corrected chi connectivity index (χ4v) is 1.81. The van der Waals surface area contributed by atoms with Gasteiger partial charge >= 0.3 is 26.3 Å². The van der Waals surface area contributed by atoms with Crippen LogP contribution in [0.25, 0.3) is 0 Å². The maximum Gasteiger partial charge on any atom is 0.573 e. The molecule has 1 aromatic rings. The third kappa shape index (κ3) is 3.82. The molecule has 0 aliphatic rings. The van der Waals surface area contributed by atoms with Gasteiger partial charge in [-0.2, -0.15) is 0 Å². The van der Waals surface area contributed by atoms with Crippen LogP contribution in [-0.2, 0) is 9.05 Å².